The first-order chi connectivity index (χ1) is 5.45. The highest BCUT2D eigenvalue weighted by Gasteiger charge is 2.01. The van der Waals surface area contributed by atoms with Gasteiger partial charge in [-0.3, -0.25) is 0 Å². The van der Waals surface area contributed by atoms with Crippen LogP contribution in [-0.4, -0.2) is 47.1 Å². The number of carbonyl (C=O) groups excluding carboxylic acids is 1. The van der Waals surface area contributed by atoms with Gasteiger partial charge in [-0.2, -0.15) is 0 Å². The van der Waals surface area contributed by atoms with Gasteiger partial charge in [0.2, 0.25) is 0 Å². The normalized spacial score (nSPS) is 10.7. The van der Waals surface area contributed by atoms with E-state index < -0.39 is 24.6 Å². The van der Waals surface area contributed by atoms with Gasteiger partial charge in [0.25, 0.3) is 0 Å². The summed E-state index contributed by atoms with van der Waals surface area (Å²) in [5.41, 5.74) is 0. The molecule has 0 aromatic carbocycles. The van der Waals surface area contributed by atoms with Gasteiger partial charge in [-0.1, -0.05) is 0 Å². The van der Waals surface area contributed by atoms with Crippen LogP contribution in [0.2, 0.25) is 0 Å². The topological polar surface area (TPSA) is 104 Å². The smallest absolute Gasteiger partial charge is 0.332 e. The average molecular weight is 180 g/mol. The van der Waals surface area contributed by atoms with E-state index in [2.05, 4.69) is 4.74 Å². The number of esters is 1. The predicted octanol–water partition coefficient (Wildman–Crippen LogP) is -1.40. The maximum atomic E-state index is 9.71. The highest BCUT2D eigenvalue weighted by Crippen LogP contribution is 1.73. The van der Waals surface area contributed by atoms with E-state index in [0.29, 0.717) is 0 Å². The van der Waals surface area contributed by atoms with Crippen LogP contribution in [0.15, 0.2) is 0 Å². The van der Waals surface area contributed by atoms with Gasteiger partial charge < -0.3 is 20.1 Å². The van der Waals surface area contributed by atoms with E-state index in [1.54, 1.807) is 0 Å². The van der Waals surface area contributed by atoms with Gasteiger partial charge in [-0.15, -0.1) is 0 Å². The summed E-state index contributed by atoms with van der Waals surface area (Å²) in [7, 11) is 1.22. The van der Waals surface area contributed by atoms with Gasteiger partial charge >= 0.3 is 11.9 Å². The largest absolute Gasteiger partial charge is 0.479 e. The van der Waals surface area contributed by atoms with Gasteiger partial charge in [0.1, 0.15) is 12.7 Å². The molecule has 0 aliphatic heterocycles. The second kappa shape index (κ2) is 7.96. The maximum Gasteiger partial charge on any atom is 0.332 e. The molecule has 6 nitrogen and oxygen atoms in total. The lowest BCUT2D eigenvalue weighted by Gasteiger charge is -1.89. The molecule has 0 aliphatic rings. The second-order valence-corrected chi connectivity index (χ2v) is 1.75. The fourth-order valence-corrected chi connectivity index (χ4v) is 0.0645. The Bertz CT molecular complexity index is 133. The van der Waals surface area contributed by atoms with Gasteiger partial charge in [0.15, 0.2) is 0 Å². The summed E-state index contributed by atoms with van der Waals surface area (Å²) in [6, 6.07) is 0. The van der Waals surface area contributed by atoms with Crippen LogP contribution in [0.3, 0.4) is 0 Å². The van der Waals surface area contributed by atoms with E-state index in [1.807, 2.05) is 0 Å². The summed E-state index contributed by atoms with van der Waals surface area (Å²) in [6.45, 7) is 0.666. The predicted molar refractivity (Wildman–Crippen MR) is 38.4 cm³/mol. The third-order valence-corrected chi connectivity index (χ3v) is 0.714. The molecule has 0 fully saturated rings. The number of aliphatic hydroxyl groups excluding tert-OH is 2. The molecule has 12 heavy (non-hydrogen) atoms. The first kappa shape index (κ1) is 13.4. The van der Waals surface area contributed by atoms with Gasteiger partial charge in [-0.05, 0) is 6.92 Å². The number of hydrogen-bond acceptors (Lipinski definition) is 5. The Morgan fingerprint density at radius 1 is 1.50 bits per heavy atom. The van der Waals surface area contributed by atoms with Crippen LogP contribution < -0.4 is 0 Å². The third kappa shape index (κ3) is 11.6. The summed E-state index contributed by atoms with van der Waals surface area (Å²) in [5, 5.41) is 23.6. The summed E-state index contributed by atoms with van der Waals surface area (Å²) in [6.07, 6.45) is -1.23. The van der Waals surface area contributed by atoms with Crippen molar-refractivity contribution in [3.05, 3.63) is 0 Å². The standard InChI is InChI=1S/2C3H6O3/c1-6-3(5)2-4;1-2(4)3(5)6/h4H,2H2,1H3;2,4H,1H3,(H,5,6)/t;2-/m.1/s1. The molecule has 0 rings (SSSR count). The van der Waals surface area contributed by atoms with E-state index in [4.69, 9.17) is 15.3 Å². The average Bonchev–Trinajstić information content (AvgIpc) is 2.04. The molecule has 0 radical (unpaired) electrons. The Labute approximate surface area is 69.4 Å². The van der Waals surface area contributed by atoms with Crippen molar-refractivity contribution in [2.75, 3.05) is 13.7 Å². The number of aliphatic hydroxyl groups is 2. The van der Waals surface area contributed by atoms with Crippen LogP contribution in [-0.2, 0) is 14.3 Å². The molecule has 6 heteroatoms. The van der Waals surface area contributed by atoms with Crippen molar-refractivity contribution in [2.45, 2.75) is 13.0 Å². The number of carboxylic acid groups (broad SMARTS) is 1. The number of carbonyl (C=O) groups is 2. The lowest BCUT2D eigenvalue weighted by atomic mass is 10.4. The molecule has 0 aromatic rings. The number of ether oxygens (including phenoxy) is 1. The van der Waals surface area contributed by atoms with E-state index in [1.165, 1.54) is 14.0 Å². The molecule has 0 unspecified atom stereocenters. The Kier molecular flexibility index (Phi) is 8.92. The van der Waals surface area contributed by atoms with Gasteiger partial charge in [0, 0.05) is 0 Å². The fraction of sp³-hybridized carbons (Fsp3) is 0.667. The number of aliphatic carboxylic acids is 1. The van der Waals surface area contributed by atoms with Crippen molar-refractivity contribution in [2.24, 2.45) is 0 Å². The summed E-state index contributed by atoms with van der Waals surface area (Å²) in [4.78, 5) is 19.2. The summed E-state index contributed by atoms with van der Waals surface area (Å²) < 4.78 is 4.01. The first-order valence-electron chi connectivity index (χ1n) is 3.04. The Morgan fingerprint density at radius 2 is 1.83 bits per heavy atom. The lowest BCUT2D eigenvalue weighted by molar-refractivity contribution is -0.145. The molecular weight excluding hydrogens is 168 g/mol. The minimum Gasteiger partial charge on any atom is -0.479 e. The molecule has 0 saturated heterocycles. The van der Waals surface area contributed by atoms with Crippen molar-refractivity contribution in [3.8, 4) is 0 Å². The van der Waals surface area contributed by atoms with Crippen molar-refractivity contribution in [3.63, 3.8) is 0 Å². The van der Waals surface area contributed by atoms with Crippen LogP contribution in [0, 0.1) is 0 Å². The molecule has 3 N–H and O–H groups in total. The van der Waals surface area contributed by atoms with Crippen molar-refractivity contribution in [1.29, 1.82) is 0 Å². The quantitative estimate of drug-likeness (QED) is 0.451. The van der Waals surface area contributed by atoms with Crippen molar-refractivity contribution in [1.82, 2.24) is 0 Å². The third-order valence-electron chi connectivity index (χ3n) is 0.714. The zero-order chi connectivity index (χ0) is 10.1. The van der Waals surface area contributed by atoms with E-state index in [-0.39, 0.29) is 0 Å². The SMILES string of the molecule is COC(=O)CO.C[C@@H](O)C(=O)O. The monoisotopic (exact) mass is 180 g/mol. The molecule has 0 aliphatic carbocycles. The van der Waals surface area contributed by atoms with E-state index in [9.17, 15) is 9.59 Å². The van der Waals surface area contributed by atoms with Gasteiger partial charge in [-0.25, -0.2) is 9.59 Å². The Morgan fingerprint density at radius 3 is 1.83 bits per heavy atom. The Hall–Kier alpha value is -1.14. The highest BCUT2D eigenvalue weighted by molar-refractivity contribution is 5.71. The van der Waals surface area contributed by atoms with Gasteiger partial charge in [0.05, 0.1) is 7.11 Å². The Balaban J connectivity index is 0. The number of rotatable bonds is 2. The van der Waals surface area contributed by atoms with Crippen LogP contribution in [0.25, 0.3) is 0 Å². The number of methoxy groups -OCH3 is 1. The zero-order valence-electron chi connectivity index (χ0n) is 6.85. The molecule has 0 spiro atoms. The van der Waals surface area contributed by atoms with Crippen LogP contribution in [0.4, 0.5) is 0 Å². The summed E-state index contributed by atoms with van der Waals surface area (Å²) in [5.74, 6) is -1.79. The molecule has 0 saturated carbocycles. The minimum atomic E-state index is -1.23. The molecule has 0 aromatic heterocycles. The van der Waals surface area contributed by atoms with Crippen LogP contribution in [0.1, 0.15) is 6.92 Å². The molecule has 0 amide bonds. The van der Waals surface area contributed by atoms with E-state index >= 15 is 0 Å². The minimum absolute atomic E-state index is 0.531. The van der Waals surface area contributed by atoms with E-state index in [0.717, 1.165) is 0 Å². The van der Waals surface area contributed by atoms with Crippen LogP contribution >= 0.6 is 0 Å². The lowest BCUT2D eigenvalue weighted by Crippen LogP contribution is -2.13. The van der Waals surface area contributed by atoms with Crippen molar-refractivity contribution < 1.29 is 29.6 Å². The molecule has 72 valence electrons. The first-order valence-corrected chi connectivity index (χ1v) is 3.04. The summed E-state index contributed by atoms with van der Waals surface area (Å²) >= 11 is 0. The second-order valence-electron chi connectivity index (χ2n) is 1.75. The zero-order valence-corrected chi connectivity index (χ0v) is 6.85. The molecule has 0 heterocycles. The number of carboxylic acids is 1. The molecular formula is C6H12O6. The maximum absolute atomic E-state index is 9.71. The number of hydrogen-bond donors (Lipinski definition) is 3. The van der Waals surface area contributed by atoms with Crippen molar-refractivity contribution >= 4 is 11.9 Å². The van der Waals surface area contributed by atoms with Crippen LogP contribution in [0.5, 0.6) is 0 Å². The molecule has 1 atom stereocenters. The highest BCUT2D eigenvalue weighted by atomic mass is 16.5. The molecule has 0 bridgehead atoms. The fourth-order valence-electron chi connectivity index (χ4n) is 0.0645.